The normalized spacial score (nSPS) is 21.4. The molecule has 4 heteroatoms. The highest BCUT2D eigenvalue weighted by Crippen LogP contribution is 2.32. The Balaban J connectivity index is 1.90. The van der Waals surface area contributed by atoms with Crippen molar-refractivity contribution < 1.29 is 14.2 Å². The molecule has 0 aromatic heterocycles. The monoisotopic (exact) mass is 279 g/mol. The molecule has 1 fully saturated rings. The first-order chi connectivity index (χ1) is 9.72. The van der Waals surface area contributed by atoms with Gasteiger partial charge in [-0.15, -0.1) is 0 Å². The molecule has 2 rings (SSSR count). The number of methoxy groups -OCH3 is 1. The van der Waals surface area contributed by atoms with Crippen LogP contribution in [-0.4, -0.2) is 39.1 Å². The molecule has 1 saturated carbocycles. The molecule has 0 atom stereocenters. The molecule has 4 nitrogen and oxygen atoms in total. The summed E-state index contributed by atoms with van der Waals surface area (Å²) in [5.74, 6) is 0.905. The number of hydrogen-bond donors (Lipinski definition) is 1. The third-order valence-electron chi connectivity index (χ3n) is 3.54. The van der Waals surface area contributed by atoms with Gasteiger partial charge in [0.1, 0.15) is 12.4 Å². The van der Waals surface area contributed by atoms with Crippen molar-refractivity contribution in [1.82, 2.24) is 0 Å². The van der Waals surface area contributed by atoms with Gasteiger partial charge in [0.2, 0.25) is 0 Å². The summed E-state index contributed by atoms with van der Waals surface area (Å²) in [6, 6.07) is 6.74. The van der Waals surface area contributed by atoms with Crippen molar-refractivity contribution in [2.75, 3.05) is 32.2 Å². The van der Waals surface area contributed by atoms with E-state index in [1.165, 1.54) is 5.56 Å². The minimum atomic E-state index is 0.417. The Morgan fingerprint density at radius 1 is 1.25 bits per heavy atom. The van der Waals surface area contributed by atoms with E-state index >= 15 is 0 Å². The summed E-state index contributed by atoms with van der Waals surface area (Å²) < 4.78 is 16.4. The molecule has 0 saturated heterocycles. The SMILES string of the molecule is CCOC1CC(Nc2ccc(C)cc2OCCOC)C1. The molecule has 0 spiro atoms. The Bertz CT molecular complexity index is 416. The van der Waals surface area contributed by atoms with Gasteiger partial charge in [0.15, 0.2) is 0 Å². The van der Waals surface area contributed by atoms with Crippen molar-refractivity contribution in [3.63, 3.8) is 0 Å². The lowest BCUT2D eigenvalue weighted by Gasteiger charge is -2.36. The molecule has 1 aromatic rings. The fourth-order valence-corrected chi connectivity index (χ4v) is 2.38. The van der Waals surface area contributed by atoms with Crippen molar-refractivity contribution >= 4 is 5.69 Å². The van der Waals surface area contributed by atoms with Gasteiger partial charge in [0, 0.05) is 19.8 Å². The number of nitrogens with one attached hydrogen (secondary N) is 1. The Morgan fingerprint density at radius 2 is 2.05 bits per heavy atom. The zero-order valence-corrected chi connectivity index (χ0v) is 12.6. The van der Waals surface area contributed by atoms with Crippen LogP contribution in [0.1, 0.15) is 25.3 Å². The molecule has 1 aliphatic rings. The van der Waals surface area contributed by atoms with Gasteiger partial charge < -0.3 is 19.5 Å². The summed E-state index contributed by atoms with van der Waals surface area (Å²) in [5.41, 5.74) is 2.26. The summed E-state index contributed by atoms with van der Waals surface area (Å²) >= 11 is 0. The van der Waals surface area contributed by atoms with Crippen LogP contribution >= 0.6 is 0 Å². The van der Waals surface area contributed by atoms with Gasteiger partial charge in [-0.3, -0.25) is 0 Å². The smallest absolute Gasteiger partial charge is 0.142 e. The minimum absolute atomic E-state index is 0.417. The molecule has 0 heterocycles. The second kappa shape index (κ2) is 7.50. The summed E-state index contributed by atoms with van der Waals surface area (Å²) in [5, 5.41) is 3.54. The number of benzene rings is 1. The first kappa shape index (κ1) is 15.1. The van der Waals surface area contributed by atoms with Crippen LogP contribution in [0.25, 0.3) is 0 Å². The molecule has 0 amide bonds. The van der Waals surface area contributed by atoms with Crippen LogP contribution in [0.15, 0.2) is 18.2 Å². The largest absolute Gasteiger partial charge is 0.489 e. The average Bonchev–Trinajstić information content (AvgIpc) is 2.39. The van der Waals surface area contributed by atoms with Crippen LogP contribution in [-0.2, 0) is 9.47 Å². The Hall–Kier alpha value is -1.26. The van der Waals surface area contributed by atoms with Gasteiger partial charge in [-0.1, -0.05) is 6.07 Å². The maximum atomic E-state index is 5.78. The molecule has 1 N–H and O–H groups in total. The number of aryl methyl sites for hydroxylation is 1. The van der Waals surface area contributed by atoms with E-state index in [4.69, 9.17) is 14.2 Å². The second-order valence-electron chi connectivity index (χ2n) is 5.23. The van der Waals surface area contributed by atoms with Crippen LogP contribution in [0.5, 0.6) is 5.75 Å². The quantitative estimate of drug-likeness (QED) is 0.743. The molecule has 1 aromatic carbocycles. The summed E-state index contributed by atoms with van der Waals surface area (Å²) in [7, 11) is 1.68. The van der Waals surface area contributed by atoms with Gasteiger partial charge in [-0.2, -0.15) is 0 Å². The minimum Gasteiger partial charge on any atom is -0.489 e. The predicted molar refractivity (Wildman–Crippen MR) is 80.6 cm³/mol. The van der Waals surface area contributed by atoms with Crippen molar-refractivity contribution in [1.29, 1.82) is 0 Å². The number of rotatable bonds is 8. The first-order valence-electron chi connectivity index (χ1n) is 7.33. The van der Waals surface area contributed by atoms with Crippen LogP contribution < -0.4 is 10.1 Å². The summed E-state index contributed by atoms with van der Waals surface area (Å²) in [6.07, 6.45) is 2.55. The van der Waals surface area contributed by atoms with Crippen molar-refractivity contribution in [3.05, 3.63) is 23.8 Å². The van der Waals surface area contributed by atoms with E-state index in [0.717, 1.165) is 30.9 Å². The maximum absolute atomic E-state index is 5.78. The highest BCUT2D eigenvalue weighted by Gasteiger charge is 2.29. The van der Waals surface area contributed by atoms with Crippen LogP contribution in [0, 0.1) is 6.92 Å². The number of ether oxygens (including phenoxy) is 3. The first-order valence-corrected chi connectivity index (χ1v) is 7.33. The van der Waals surface area contributed by atoms with Crippen LogP contribution in [0.2, 0.25) is 0 Å². The zero-order valence-electron chi connectivity index (χ0n) is 12.6. The van der Waals surface area contributed by atoms with E-state index in [9.17, 15) is 0 Å². The van der Waals surface area contributed by atoms with E-state index in [2.05, 4.69) is 30.4 Å². The van der Waals surface area contributed by atoms with Gasteiger partial charge >= 0.3 is 0 Å². The molecule has 1 aliphatic carbocycles. The molecular formula is C16H25NO3. The molecular weight excluding hydrogens is 254 g/mol. The topological polar surface area (TPSA) is 39.7 Å². The van der Waals surface area contributed by atoms with E-state index in [0.29, 0.717) is 25.4 Å². The fourth-order valence-electron chi connectivity index (χ4n) is 2.38. The van der Waals surface area contributed by atoms with Gasteiger partial charge in [-0.25, -0.2) is 0 Å². The Morgan fingerprint density at radius 3 is 2.75 bits per heavy atom. The van der Waals surface area contributed by atoms with Crippen molar-refractivity contribution in [2.45, 2.75) is 38.8 Å². The standard InChI is InChI=1S/C16H25NO3/c1-4-19-14-10-13(11-14)17-15-6-5-12(2)9-16(15)20-8-7-18-3/h5-6,9,13-14,17H,4,7-8,10-11H2,1-3H3. The third kappa shape index (κ3) is 4.12. The number of hydrogen-bond acceptors (Lipinski definition) is 4. The molecule has 0 radical (unpaired) electrons. The number of anilines is 1. The highest BCUT2D eigenvalue weighted by molar-refractivity contribution is 5.58. The maximum Gasteiger partial charge on any atom is 0.142 e. The van der Waals surface area contributed by atoms with Gasteiger partial charge in [0.05, 0.1) is 18.4 Å². The second-order valence-corrected chi connectivity index (χ2v) is 5.23. The Labute approximate surface area is 121 Å². The van der Waals surface area contributed by atoms with Gasteiger partial charge in [0.25, 0.3) is 0 Å². The van der Waals surface area contributed by atoms with E-state index in [-0.39, 0.29) is 0 Å². The van der Waals surface area contributed by atoms with E-state index in [1.54, 1.807) is 7.11 Å². The van der Waals surface area contributed by atoms with E-state index < -0.39 is 0 Å². The van der Waals surface area contributed by atoms with Crippen molar-refractivity contribution in [2.24, 2.45) is 0 Å². The van der Waals surface area contributed by atoms with Crippen LogP contribution in [0.3, 0.4) is 0 Å². The summed E-state index contributed by atoms with van der Waals surface area (Å²) in [6.45, 7) is 6.08. The molecule has 112 valence electrons. The molecule has 0 unspecified atom stereocenters. The molecule has 0 bridgehead atoms. The zero-order chi connectivity index (χ0) is 14.4. The summed E-state index contributed by atoms with van der Waals surface area (Å²) in [4.78, 5) is 0. The van der Waals surface area contributed by atoms with E-state index in [1.807, 2.05) is 6.92 Å². The highest BCUT2D eigenvalue weighted by atomic mass is 16.5. The Kier molecular flexibility index (Phi) is 5.68. The predicted octanol–water partition coefficient (Wildman–Crippen LogP) is 3.00. The third-order valence-corrected chi connectivity index (χ3v) is 3.54. The average molecular weight is 279 g/mol. The lowest BCUT2D eigenvalue weighted by atomic mass is 9.89. The lowest BCUT2D eigenvalue weighted by Crippen LogP contribution is -2.40. The van der Waals surface area contributed by atoms with Gasteiger partial charge in [-0.05, 0) is 44.4 Å². The molecule has 20 heavy (non-hydrogen) atoms. The fraction of sp³-hybridized carbons (Fsp3) is 0.625. The van der Waals surface area contributed by atoms with Crippen molar-refractivity contribution in [3.8, 4) is 5.75 Å². The van der Waals surface area contributed by atoms with Crippen LogP contribution in [0.4, 0.5) is 5.69 Å². The molecule has 0 aliphatic heterocycles. The lowest BCUT2D eigenvalue weighted by molar-refractivity contribution is 0.00293.